The van der Waals surface area contributed by atoms with Gasteiger partial charge in [-0.1, -0.05) is 66.7 Å². The zero-order valence-corrected chi connectivity index (χ0v) is 13.6. The SMILES string of the molecule is O=C(c1ccc2ccccc2c1)c1ccccc1Nc1ccccc1. The summed E-state index contributed by atoms with van der Waals surface area (Å²) in [5, 5.41) is 5.54. The number of hydrogen-bond donors (Lipinski definition) is 1. The normalized spacial score (nSPS) is 10.6. The van der Waals surface area contributed by atoms with Crippen molar-refractivity contribution in [3.63, 3.8) is 0 Å². The smallest absolute Gasteiger partial charge is 0.195 e. The van der Waals surface area contributed by atoms with E-state index in [4.69, 9.17) is 0 Å². The van der Waals surface area contributed by atoms with Crippen LogP contribution in [0.4, 0.5) is 11.4 Å². The second-order valence-corrected chi connectivity index (χ2v) is 5.93. The summed E-state index contributed by atoms with van der Waals surface area (Å²) < 4.78 is 0. The predicted molar refractivity (Wildman–Crippen MR) is 104 cm³/mol. The molecule has 0 aliphatic heterocycles. The number of ketones is 1. The van der Waals surface area contributed by atoms with Crippen LogP contribution in [0.25, 0.3) is 10.8 Å². The molecule has 25 heavy (non-hydrogen) atoms. The van der Waals surface area contributed by atoms with Gasteiger partial charge in [0.25, 0.3) is 0 Å². The highest BCUT2D eigenvalue weighted by atomic mass is 16.1. The lowest BCUT2D eigenvalue weighted by Gasteiger charge is -2.12. The minimum atomic E-state index is 0.0183. The first-order valence-corrected chi connectivity index (χ1v) is 8.26. The lowest BCUT2D eigenvalue weighted by Crippen LogP contribution is -2.05. The van der Waals surface area contributed by atoms with Crippen LogP contribution in [0.5, 0.6) is 0 Å². The number of rotatable bonds is 4. The molecule has 0 unspecified atom stereocenters. The quantitative estimate of drug-likeness (QED) is 0.480. The summed E-state index contributed by atoms with van der Waals surface area (Å²) in [5.41, 5.74) is 3.13. The average Bonchev–Trinajstić information content (AvgIpc) is 2.68. The van der Waals surface area contributed by atoms with Crippen molar-refractivity contribution in [2.75, 3.05) is 5.32 Å². The van der Waals surface area contributed by atoms with Crippen molar-refractivity contribution in [2.45, 2.75) is 0 Å². The fraction of sp³-hybridized carbons (Fsp3) is 0. The van der Waals surface area contributed by atoms with E-state index >= 15 is 0 Å². The number of carbonyl (C=O) groups is 1. The minimum Gasteiger partial charge on any atom is -0.355 e. The van der Waals surface area contributed by atoms with E-state index < -0.39 is 0 Å². The van der Waals surface area contributed by atoms with Crippen LogP contribution in [0.1, 0.15) is 15.9 Å². The molecule has 0 saturated carbocycles. The molecule has 0 atom stereocenters. The van der Waals surface area contributed by atoms with Gasteiger partial charge in [-0.05, 0) is 41.1 Å². The lowest BCUT2D eigenvalue weighted by molar-refractivity contribution is 0.103. The molecule has 4 aromatic carbocycles. The minimum absolute atomic E-state index is 0.0183. The van der Waals surface area contributed by atoms with Crippen molar-refractivity contribution < 1.29 is 4.79 Å². The Hall–Kier alpha value is -3.39. The molecular weight excluding hydrogens is 306 g/mol. The first-order chi connectivity index (χ1) is 12.3. The Labute approximate surface area is 146 Å². The van der Waals surface area contributed by atoms with Gasteiger partial charge in [-0.15, -0.1) is 0 Å². The van der Waals surface area contributed by atoms with E-state index in [-0.39, 0.29) is 5.78 Å². The second kappa shape index (κ2) is 6.62. The Morgan fingerprint density at radius 2 is 1.32 bits per heavy atom. The van der Waals surface area contributed by atoms with Gasteiger partial charge in [-0.25, -0.2) is 0 Å². The molecule has 4 rings (SSSR count). The van der Waals surface area contributed by atoms with Gasteiger partial charge in [0.1, 0.15) is 0 Å². The molecule has 0 amide bonds. The van der Waals surface area contributed by atoms with E-state index in [1.54, 1.807) is 0 Å². The molecule has 0 radical (unpaired) electrons. The van der Waals surface area contributed by atoms with E-state index in [0.717, 1.165) is 22.1 Å². The number of hydrogen-bond acceptors (Lipinski definition) is 2. The molecule has 0 saturated heterocycles. The number of nitrogens with one attached hydrogen (secondary N) is 1. The molecule has 0 bridgehead atoms. The highest BCUT2D eigenvalue weighted by molar-refractivity contribution is 6.13. The first-order valence-electron chi connectivity index (χ1n) is 8.26. The van der Waals surface area contributed by atoms with Crippen molar-refractivity contribution in [1.82, 2.24) is 0 Å². The molecule has 0 spiro atoms. The second-order valence-electron chi connectivity index (χ2n) is 5.93. The monoisotopic (exact) mass is 323 g/mol. The largest absolute Gasteiger partial charge is 0.355 e. The van der Waals surface area contributed by atoms with Gasteiger partial charge < -0.3 is 5.32 Å². The third-order valence-corrected chi connectivity index (χ3v) is 4.24. The molecule has 0 aliphatic carbocycles. The standard InChI is InChI=1S/C23H17NO/c25-23(19-15-14-17-8-4-5-9-18(17)16-19)21-12-6-7-13-22(21)24-20-10-2-1-3-11-20/h1-16,24H. The number of benzene rings is 4. The molecule has 2 nitrogen and oxygen atoms in total. The van der Waals surface area contributed by atoms with E-state index in [1.165, 1.54) is 0 Å². The van der Waals surface area contributed by atoms with Crippen molar-refractivity contribution in [3.8, 4) is 0 Å². The fourth-order valence-corrected chi connectivity index (χ4v) is 2.95. The van der Waals surface area contributed by atoms with Gasteiger partial charge >= 0.3 is 0 Å². The van der Waals surface area contributed by atoms with Gasteiger partial charge in [0, 0.05) is 22.5 Å². The van der Waals surface area contributed by atoms with Crippen molar-refractivity contribution in [3.05, 3.63) is 108 Å². The van der Waals surface area contributed by atoms with Crippen LogP contribution in [-0.4, -0.2) is 5.78 Å². The summed E-state index contributed by atoms with van der Waals surface area (Å²) in [7, 11) is 0. The molecule has 0 fully saturated rings. The van der Waals surface area contributed by atoms with Crippen LogP contribution >= 0.6 is 0 Å². The maximum atomic E-state index is 13.1. The Bertz CT molecular complexity index is 1040. The summed E-state index contributed by atoms with van der Waals surface area (Å²) in [4.78, 5) is 13.1. The molecule has 1 N–H and O–H groups in total. The van der Waals surface area contributed by atoms with E-state index in [9.17, 15) is 4.79 Å². The zero-order chi connectivity index (χ0) is 17.1. The third-order valence-electron chi connectivity index (χ3n) is 4.24. The highest BCUT2D eigenvalue weighted by Gasteiger charge is 2.14. The maximum Gasteiger partial charge on any atom is 0.195 e. The molecular formula is C23H17NO. The lowest BCUT2D eigenvalue weighted by atomic mass is 9.98. The number of fused-ring (bicyclic) bond motifs is 1. The topological polar surface area (TPSA) is 29.1 Å². The van der Waals surface area contributed by atoms with Gasteiger partial charge in [0.15, 0.2) is 5.78 Å². The molecule has 120 valence electrons. The van der Waals surface area contributed by atoms with Crippen LogP contribution in [0, 0.1) is 0 Å². The average molecular weight is 323 g/mol. The molecule has 0 aliphatic rings. The predicted octanol–water partition coefficient (Wildman–Crippen LogP) is 5.81. The van der Waals surface area contributed by atoms with Crippen LogP contribution in [0.3, 0.4) is 0 Å². The van der Waals surface area contributed by atoms with Crippen LogP contribution < -0.4 is 5.32 Å². The highest BCUT2D eigenvalue weighted by Crippen LogP contribution is 2.25. The summed E-state index contributed by atoms with van der Waals surface area (Å²) in [6.07, 6.45) is 0. The van der Waals surface area contributed by atoms with Gasteiger partial charge in [0.05, 0.1) is 0 Å². The summed E-state index contributed by atoms with van der Waals surface area (Å²) in [6, 6.07) is 31.4. The third kappa shape index (κ3) is 3.15. The Balaban J connectivity index is 1.72. The van der Waals surface area contributed by atoms with Crippen molar-refractivity contribution >= 4 is 27.9 Å². The molecule has 0 heterocycles. The summed E-state index contributed by atoms with van der Waals surface area (Å²) >= 11 is 0. The molecule has 2 heteroatoms. The van der Waals surface area contributed by atoms with Crippen LogP contribution in [-0.2, 0) is 0 Å². The Morgan fingerprint density at radius 3 is 2.16 bits per heavy atom. The Morgan fingerprint density at radius 1 is 0.640 bits per heavy atom. The molecule has 0 aromatic heterocycles. The van der Waals surface area contributed by atoms with E-state index in [2.05, 4.69) is 11.4 Å². The van der Waals surface area contributed by atoms with Gasteiger partial charge in [-0.3, -0.25) is 4.79 Å². The van der Waals surface area contributed by atoms with E-state index in [1.807, 2.05) is 91.0 Å². The number of carbonyl (C=O) groups excluding carboxylic acids is 1. The zero-order valence-electron chi connectivity index (χ0n) is 13.6. The summed E-state index contributed by atoms with van der Waals surface area (Å²) in [6.45, 7) is 0. The number of anilines is 2. The van der Waals surface area contributed by atoms with Crippen molar-refractivity contribution in [2.24, 2.45) is 0 Å². The maximum absolute atomic E-state index is 13.1. The van der Waals surface area contributed by atoms with Gasteiger partial charge in [0.2, 0.25) is 0 Å². The number of para-hydroxylation sites is 2. The van der Waals surface area contributed by atoms with Crippen LogP contribution in [0.2, 0.25) is 0 Å². The Kier molecular flexibility index (Phi) is 4.01. The van der Waals surface area contributed by atoms with E-state index in [0.29, 0.717) is 11.1 Å². The van der Waals surface area contributed by atoms with Crippen LogP contribution in [0.15, 0.2) is 97.1 Å². The first kappa shape index (κ1) is 15.2. The summed E-state index contributed by atoms with van der Waals surface area (Å²) in [5.74, 6) is 0.0183. The molecule has 4 aromatic rings. The van der Waals surface area contributed by atoms with Crippen molar-refractivity contribution in [1.29, 1.82) is 0 Å². The fourth-order valence-electron chi connectivity index (χ4n) is 2.95. The van der Waals surface area contributed by atoms with Gasteiger partial charge in [-0.2, -0.15) is 0 Å².